The molecule has 0 atom stereocenters. The lowest BCUT2D eigenvalue weighted by molar-refractivity contribution is -0.126. The number of hydrogen-bond acceptors (Lipinski definition) is 5. The summed E-state index contributed by atoms with van der Waals surface area (Å²) in [6.45, 7) is 0.997. The molecule has 1 aliphatic rings. The average molecular weight is 438 g/mol. The van der Waals surface area contributed by atoms with Gasteiger partial charge in [-0.25, -0.2) is 15.0 Å². The van der Waals surface area contributed by atoms with E-state index in [0.717, 1.165) is 47.8 Å². The van der Waals surface area contributed by atoms with E-state index in [1.165, 1.54) is 12.7 Å². The first kappa shape index (κ1) is 19.8. The molecule has 1 aliphatic carbocycles. The van der Waals surface area contributed by atoms with Crippen LogP contribution >= 0.6 is 11.6 Å². The van der Waals surface area contributed by atoms with Gasteiger partial charge in [-0.05, 0) is 36.6 Å². The van der Waals surface area contributed by atoms with Gasteiger partial charge in [0.25, 0.3) is 0 Å². The van der Waals surface area contributed by atoms with Gasteiger partial charge in [0.2, 0.25) is 5.91 Å². The predicted molar refractivity (Wildman–Crippen MR) is 121 cm³/mol. The molecular formula is C22H24ClN7O. The van der Waals surface area contributed by atoms with Gasteiger partial charge >= 0.3 is 0 Å². The number of fused-ring (bicyclic) bond motifs is 2. The van der Waals surface area contributed by atoms with Crippen LogP contribution in [0.4, 0.5) is 5.82 Å². The van der Waals surface area contributed by atoms with E-state index in [1.807, 2.05) is 22.8 Å². The second kappa shape index (κ2) is 8.19. The molecule has 1 saturated carbocycles. The number of nitrogen functional groups attached to an aromatic ring is 1. The minimum Gasteiger partial charge on any atom is -0.382 e. The van der Waals surface area contributed by atoms with Crippen LogP contribution in [-0.2, 0) is 17.9 Å². The molecule has 9 heteroatoms. The quantitative estimate of drug-likeness (QED) is 0.439. The van der Waals surface area contributed by atoms with Crippen LogP contribution in [-0.4, -0.2) is 30.4 Å². The van der Waals surface area contributed by atoms with E-state index in [-0.39, 0.29) is 11.8 Å². The van der Waals surface area contributed by atoms with Gasteiger partial charge in [-0.3, -0.25) is 4.79 Å². The topological polar surface area (TPSA) is 115 Å². The van der Waals surface area contributed by atoms with Crippen LogP contribution in [0, 0.1) is 5.92 Å². The van der Waals surface area contributed by atoms with Crippen molar-refractivity contribution in [2.24, 2.45) is 5.92 Å². The number of H-pyrrole nitrogens is 1. The Labute approximate surface area is 184 Å². The number of hydrogen-bond donors (Lipinski definition) is 3. The summed E-state index contributed by atoms with van der Waals surface area (Å²) >= 11 is 6.39. The standard InChI is InChI=1S/C22H24ClN7O/c23-16-6-14-8-17(9-25-22(31)13-4-2-1-3-5-13)29-18(14)15(7-16)10-30-12-28-19-20(24)26-11-27-21(19)30/h6-8,11-13,29H,1-5,9-10H2,(H,25,31)(H2,24,26,27). The fourth-order valence-corrected chi connectivity index (χ4v) is 4.70. The first-order valence-corrected chi connectivity index (χ1v) is 11.0. The molecule has 4 N–H and O–H groups in total. The van der Waals surface area contributed by atoms with Gasteiger partial charge in [0.1, 0.15) is 11.8 Å². The molecular weight excluding hydrogens is 414 g/mol. The zero-order valence-electron chi connectivity index (χ0n) is 17.1. The third-order valence-corrected chi connectivity index (χ3v) is 6.25. The van der Waals surface area contributed by atoms with Crippen LogP contribution in [0.1, 0.15) is 43.4 Å². The van der Waals surface area contributed by atoms with Crippen molar-refractivity contribution < 1.29 is 4.79 Å². The van der Waals surface area contributed by atoms with Crippen LogP contribution in [0.3, 0.4) is 0 Å². The van der Waals surface area contributed by atoms with E-state index in [4.69, 9.17) is 17.3 Å². The molecule has 8 nitrogen and oxygen atoms in total. The van der Waals surface area contributed by atoms with Crippen molar-refractivity contribution in [1.82, 2.24) is 29.8 Å². The van der Waals surface area contributed by atoms with Gasteiger partial charge in [0, 0.05) is 22.0 Å². The lowest BCUT2D eigenvalue weighted by atomic mass is 9.89. The number of nitrogens with two attached hydrogens (primary N) is 1. The number of nitrogens with one attached hydrogen (secondary N) is 2. The predicted octanol–water partition coefficient (Wildman–Crippen LogP) is 3.79. The molecule has 5 rings (SSSR count). The maximum absolute atomic E-state index is 12.5. The molecule has 1 amide bonds. The van der Waals surface area contributed by atoms with E-state index in [1.54, 1.807) is 6.33 Å². The smallest absolute Gasteiger partial charge is 0.223 e. The van der Waals surface area contributed by atoms with Crippen molar-refractivity contribution >= 4 is 45.4 Å². The molecule has 3 heterocycles. The SMILES string of the molecule is Nc1ncnc2c1ncn2Cc1cc(Cl)cc2cc(CNC(=O)C3CCCCC3)[nH]c12. The largest absolute Gasteiger partial charge is 0.382 e. The van der Waals surface area contributed by atoms with Crippen molar-refractivity contribution in [3.05, 3.63) is 47.1 Å². The molecule has 31 heavy (non-hydrogen) atoms. The minimum absolute atomic E-state index is 0.145. The van der Waals surface area contributed by atoms with Crippen molar-refractivity contribution in [3.8, 4) is 0 Å². The first-order valence-electron chi connectivity index (χ1n) is 10.6. The van der Waals surface area contributed by atoms with Crippen LogP contribution in [0.25, 0.3) is 22.1 Å². The molecule has 160 valence electrons. The Hall–Kier alpha value is -3.13. The van der Waals surface area contributed by atoms with Crippen molar-refractivity contribution in [1.29, 1.82) is 0 Å². The van der Waals surface area contributed by atoms with Gasteiger partial charge < -0.3 is 20.6 Å². The number of amides is 1. The molecule has 0 aliphatic heterocycles. The van der Waals surface area contributed by atoms with Crippen LogP contribution < -0.4 is 11.1 Å². The Morgan fingerprint density at radius 1 is 1.19 bits per heavy atom. The normalized spacial score (nSPS) is 15.0. The number of aromatic nitrogens is 5. The van der Waals surface area contributed by atoms with E-state index in [9.17, 15) is 4.79 Å². The van der Waals surface area contributed by atoms with E-state index < -0.39 is 0 Å². The molecule has 0 saturated heterocycles. The number of anilines is 1. The average Bonchev–Trinajstić information content (AvgIpc) is 3.37. The van der Waals surface area contributed by atoms with Crippen molar-refractivity contribution in [3.63, 3.8) is 0 Å². The summed E-state index contributed by atoms with van der Waals surface area (Å²) in [7, 11) is 0. The van der Waals surface area contributed by atoms with Crippen molar-refractivity contribution in [2.75, 3.05) is 5.73 Å². The molecule has 0 unspecified atom stereocenters. The lowest BCUT2D eigenvalue weighted by Gasteiger charge is -2.20. The van der Waals surface area contributed by atoms with Gasteiger partial charge in [-0.1, -0.05) is 30.9 Å². The fraction of sp³-hybridized carbons (Fsp3) is 0.364. The first-order chi connectivity index (χ1) is 15.1. The molecule has 1 fully saturated rings. The fourth-order valence-electron chi connectivity index (χ4n) is 4.45. The van der Waals surface area contributed by atoms with Gasteiger partial charge in [0.05, 0.1) is 24.9 Å². The molecule has 0 bridgehead atoms. The molecule has 1 aromatic carbocycles. The van der Waals surface area contributed by atoms with E-state index >= 15 is 0 Å². The van der Waals surface area contributed by atoms with Gasteiger partial charge in [-0.15, -0.1) is 0 Å². The summed E-state index contributed by atoms with van der Waals surface area (Å²) < 4.78 is 1.92. The van der Waals surface area contributed by atoms with E-state index in [2.05, 4.69) is 25.3 Å². The number of imidazole rings is 1. The van der Waals surface area contributed by atoms with Gasteiger partial charge in [0.15, 0.2) is 11.5 Å². The number of carbonyl (C=O) groups excluding carboxylic acids is 1. The molecule has 0 radical (unpaired) electrons. The maximum Gasteiger partial charge on any atom is 0.223 e. The second-order valence-electron chi connectivity index (χ2n) is 8.18. The number of rotatable bonds is 5. The highest BCUT2D eigenvalue weighted by atomic mass is 35.5. The zero-order chi connectivity index (χ0) is 21.4. The lowest BCUT2D eigenvalue weighted by Crippen LogP contribution is -2.31. The van der Waals surface area contributed by atoms with Gasteiger partial charge in [-0.2, -0.15) is 0 Å². The highest BCUT2D eigenvalue weighted by Gasteiger charge is 2.21. The minimum atomic E-state index is 0.145. The number of halogens is 1. The Morgan fingerprint density at radius 3 is 2.87 bits per heavy atom. The molecule has 3 aromatic heterocycles. The monoisotopic (exact) mass is 437 g/mol. The second-order valence-corrected chi connectivity index (χ2v) is 8.62. The number of carbonyl (C=O) groups is 1. The maximum atomic E-state index is 12.5. The van der Waals surface area contributed by atoms with Crippen LogP contribution in [0.2, 0.25) is 5.02 Å². The zero-order valence-corrected chi connectivity index (χ0v) is 17.8. The Morgan fingerprint density at radius 2 is 2.03 bits per heavy atom. The van der Waals surface area contributed by atoms with E-state index in [0.29, 0.717) is 35.1 Å². The molecule has 0 spiro atoms. The van der Waals surface area contributed by atoms with Crippen molar-refractivity contribution in [2.45, 2.75) is 45.2 Å². The number of nitrogens with zero attached hydrogens (tertiary/aromatic N) is 4. The highest BCUT2D eigenvalue weighted by Crippen LogP contribution is 2.27. The van der Waals surface area contributed by atoms with Crippen LogP contribution in [0.5, 0.6) is 0 Å². The third kappa shape index (κ3) is 3.95. The molecule has 4 aromatic rings. The summed E-state index contributed by atoms with van der Waals surface area (Å²) in [6, 6.07) is 5.90. The Balaban J connectivity index is 1.39. The summed E-state index contributed by atoms with van der Waals surface area (Å²) in [4.78, 5) is 28.6. The Bertz CT molecular complexity index is 1260. The summed E-state index contributed by atoms with van der Waals surface area (Å²) in [5, 5.41) is 4.74. The van der Waals surface area contributed by atoms with Crippen LogP contribution in [0.15, 0.2) is 30.9 Å². The number of aromatic amines is 1. The summed E-state index contributed by atoms with van der Waals surface area (Å²) in [6.07, 6.45) is 8.65. The summed E-state index contributed by atoms with van der Waals surface area (Å²) in [5.41, 5.74) is 10.1. The third-order valence-electron chi connectivity index (χ3n) is 6.03. The summed E-state index contributed by atoms with van der Waals surface area (Å²) in [5.74, 6) is 0.654. The Kier molecular flexibility index (Phi) is 5.23. The highest BCUT2D eigenvalue weighted by molar-refractivity contribution is 6.31. The number of benzene rings is 1.